The van der Waals surface area contributed by atoms with E-state index in [1.807, 2.05) is 6.21 Å². The number of amides is 1. The number of nitrogens with two attached hydrogens (primary N) is 2. The summed E-state index contributed by atoms with van der Waals surface area (Å²) < 4.78 is 6.45. The topological polar surface area (TPSA) is 127 Å². The summed E-state index contributed by atoms with van der Waals surface area (Å²) in [5, 5.41) is 9.97. The lowest BCUT2D eigenvalue weighted by Crippen LogP contribution is -2.60. The van der Waals surface area contributed by atoms with Gasteiger partial charge in [-0.2, -0.15) is 0 Å². The largest absolute Gasteiger partial charge is 0.371 e. The maximum absolute atomic E-state index is 13.7. The molecule has 4 rings (SSSR count). The molecule has 34 heavy (non-hydrogen) atoms. The Morgan fingerprint density at radius 1 is 1.06 bits per heavy atom. The van der Waals surface area contributed by atoms with Crippen LogP contribution in [-0.4, -0.2) is 74.1 Å². The van der Waals surface area contributed by atoms with Gasteiger partial charge in [-0.25, -0.2) is 0 Å². The zero-order valence-corrected chi connectivity index (χ0v) is 21.3. The van der Waals surface area contributed by atoms with Crippen molar-refractivity contribution >= 4 is 23.7 Å². The molecule has 0 aromatic heterocycles. The molecule has 0 aromatic rings. The molecule has 0 bridgehead atoms. The quantitative estimate of drug-likeness (QED) is 0.281. The van der Waals surface area contributed by atoms with Gasteiger partial charge in [0.2, 0.25) is 5.91 Å². The number of hydrogen-bond acceptors (Lipinski definition) is 7. The van der Waals surface area contributed by atoms with E-state index in [9.17, 15) is 4.79 Å². The lowest BCUT2D eigenvalue weighted by molar-refractivity contribution is -0.130. The van der Waals surface area contributed by atoms with Crippen LogP contribution in [0.1, 0.15) is 70.6 Å². The van der Waals surface area contributed by atoms with E-state index in [0.29, 0.717) is 6.54 Å². The maximum atomic E-state index is 13.7. The maximum Gasteiger partial charge on any atom is 0.228 e. The fraction of sp³-hybridized carbons (Fsp3) is 0.920. The van der Waals surface area contributed by atoms with Crippen molar-refractivity contribution in [1.29, 1.82) is 0 Å². The minimum atomic E-state index is -0.783. The van der Waals surface area contributed by atoms with Crippen molar-refractivity contribution in [2.45, 2.75) is 106 Å². The van der Waals surface area contributed by atoms with Gasteiger partial charge in [0.15, 0.2) is 0 Å². The first-order valence-electron chi connectivity index (χ1n) is 13.5. The summed E-state index contributed by atoms with van der Waals surface area (Å²) in [5.41, 5.74) is 12.7. The van der Waals surface area contributed by atoms with E-state index in [1.54, 1.807) is 0 Å². The monoisotopic (exact) mass is 496 g/mol. The molecule has 3 aliphatic heterocycles. The lowest BCUT2D eigenvalue weighted by Gasteiger charge is -2.43. The smallest absolute Gasteiger partial charge is 0.228 e. The van der Waals surface area contributed by atoms with Crippen LogP contribution in [0.15, 0.2) is 4.99 Å². The average Bonchev–Trinajstić information content (AvgIpc) is 2.83. The van der Waals surface area contributed by atoms with E-state index in [1.165, 1.54) is 32.1 Å². The highest BCUT2D eigenvalue weighted by Gasteiger charge is 2.42. The van der Waals surface area contributed by atoms with Crippen molar-refractivity contribution in [3.05, 3.63) is 0 Å². The SMILES string of the molecule is NC(N)C(C(=O)NC1CNCCC1O[C@H]1CCCNC1)C1CC2(CCCCC2)CCC(Cl)/C=N\1. The summed E-state index contributed by atoms with van der Waals surface area (Å²) in [6, 6.07) is -0.357. The number of rotatable bonds is 6. The van der Waals surface area contributed by atoms with Gasteiger partial charge in [-0.1, -0.05) is 19.3 Å². The number of carbonyl (C=O) groups excluding carboxylic acids is 1. The summed E-state index contributed by atoms with van der Waals surface area (Å²) >= 11 is 6.55. The minimum absolute atomic E-state index is 0.0116. The molecule has 2 saturated heterocycles. The fourth-order valence-electron chi connectivity index (χ4n) is 6.51. The molecule has 0 radical (unpaired) electrons. The second-order valence-electron chi connectivity index (χ2n) is 11.0. The summed E-state index contributed by atoms with van der Waals surface area (Å²) in [4.78, 5) is 18.5. The van der Waals surface area contributed by atoms with Gasteiger partial charge >= 0.3 is 0 Å². The zero-order chi connectivity index (χ0) is 24.0. The van der Waals surface area contributed by atoms with Gasteiger partial charge in [0.25, 0.3) is 0 Å². The van der Waals surface area contributed by atoms with Crippen LogP contribution in [0, 0.1) is 11.3 Å². The lowest BCUT2D eigenvalue weighted by atomic mass is 9.65. The van der Waals surface area contributed by atoms with Crippen LogP contribution in [-0.2, 0) is 9.53 Å². The normalized spacial score (nSPS) is 36.4. The van der Waals surface area contributed by atoms with Crippen LogP contribution in [0.5, 0.6) is 0 Å². The van der Waals surface area contributed by atoms with Crippen LogP contribution in [0.25, 0.3) is 0 Å². The van der Waals surface area contributed by atoms with E-state index in [2.05, 4.69) is 16.0 Å². The molecule has 6 atom stereocenters. The van der Waals surface area contributed by atoms with Crippen molar-refractivity contribution in [2.24, 2.45) is 27.8 Å². The van der Waals surface area contributed by atoms with Gasteiger partial charge in [0.05, 0.1) is 41.8 Å². The predicted molar refractivity (Wildman–Crippen MR) is 137 cm³/mol. The van der Waals surface area contributed by atoms with Gasteiger partial charge in [-0.15, -0.1) is 11.6 Å². The van der Waals surface area contributed by atoms with Crippen LogP contribution < -0.4 is 27.4 Å². The van der Waals surface area contributed by atoms with Crippen molar-refractivity contribution in [3.63, 3.8) is 0 Å². The molecule has 194 valence electrons. The van der Waals surface area contributed by atoms with Gasteiger partial charge in [0.1, 0.15) is 0 Å². The van der Waals surface area contributed by atoms with E-state index < -0.39 is 12.1 Å². The average molecular weight is 497 g/mol. The van der Waals surface area contributed by atoms with Gasteiger partial charge < -0.3 is 32.2 Å². The molecule has 0 aromatic carbocycles. The number of hydrogen-bond donors (Lipinski definition) is 5. The summed E-state index contributed by atoms with van der Waals surface area (Å²) in [7, 11) is 0. The number of alkyl halides is 1. The third-order valence-electron chi connectivity index (χ3n) is 8.44. The molecule has 1 spiro atoms. The van der Waals surface area contributed by atoms with Crippen molar-refractivity contribution in [2.75, 3.05) is 26.2 Å². The number of carbonyl (C=O) groups is 1. The third kappa shape index (κ3) is 6.92. The molecular weight excluding hydrogens is 452 g/mol. The van der Waals surface area contributed by atoms with E-state index in [0.717, 1.165) is 58.2 Å². The standard InChI is InChI=1S/C25H45ClN6O2/c26-17-6-10-25(8-2-1-3-9-25)13-19(31-14-17)22(23(27)28)24(33)32-20-16-30-12-7-21(20)34-18-5-4-11-29-15-18/h14,17-23,29-30H,1-13,15-16,27-28H2,(H,32,33)/b31-14-/t17?,18-,19?,20?,21?,22?/m0/s1. The Labute approximate surface area is 209 Å². The Kier molecular flexibility index (Phi) is 9.64. The molecule has 8 nitrogen and oxygen atoms in total. The summed E-state index contributed by atoms with van der Waals surface area (Å²) in [6.07, 6.45) is 13.3. The molecule has 9 heteroatoms. The Balaban J connectivity index is 1.46. The second-order valence-corrected chi connectivity index (χ2v) is 11.6. The van der Waals surface area contributed by atoms with Crippen molar-refractivity contribution < 1.29 is 9.53 Å². The highest BCUT2D eigenvalue weighted by Crippen LogP contribution is 2.46. The number of aliphatic imine (C=N–C) groups is 1. The molecule has 7 N–H and O–H groups in total. The van der Waals surface area contributed by atoms with Crippen LogP contribution >= 0.6 is 11.6 Å². The van der Waals surface area contributed by atoms with Crippen LogP contribution in [0.2, 0.25) is 0 Å². The molecule has 1 amide bonds. The summed E-state index contributed by atoms with van der Waals surface area (Å²) in [6.45, 7) is 3.50. The molecule has 3 heterocycles. The Bertz CT molecular complexity index is 680. The first-order chi connectivity index (χ1) is 16.5. The van der Waals surface area contributed by atoms with Gasteiger partial charge in [-0.3, -0.25) is 9.79 Å². The second kappa shape index (κ2) is 12.5. The van der Waals surface area contributed by atoms with Gasteiger partial charge in [0, 0.05) is 19.3 Å². The van der Waals surface area contributed by atoms with Crippen LogP contribution in [0.4, 0.5) is 0 Å². The van der Waals surface area contributed by atoms with E-state index in [4.69, 9.17) is 32.8 Å². The molecule has 3 fully saturated rings. The van der Waals surface area contributed by atoms with Gasteiger partial charge in [-0.05, 0) is 69.9 Å². The van der Waals surface area contributed by atoms with Crippen molar-refractivity contribution in [3.8, 4) is 0 Å². The number of nitrogens with one attached hydrogen (secondary N) is 3. The predicted octanol–water partition coefficient (Wildman–Crippen LogP) is 1.64. The van der Waals surface area contributed by atoms with Crippen LogP contribution in [0.3, 0.4) is 0 Å². The first-order valence-corrected chi connectivity index (χ1v) is 14.0. The highest BCUT2D eigenvalue weighted by molar-refractivity contribution is 6.28. The number of piperidine rings is 2. The Morgan fingerprint density at radius 2 is 1.85 bits per heavy atom. The van der Waals surface area contributed by atoms with E-state index in [-0.39, 0.29) is 41.0 Å². The third-order valence-corrected chi connectivity index (χ3v) is 8.77. The molecule has 1 aliphatic carbocycles. The molecule has 4 aliphatic rings. The molecular formula is C25H45ClN6O2. The number of halogens is 1. The van der Waals surface area contributed by atoms with Crippen molar-refractivity contribution in [1.82, 2.24) is 16.0 Å². The fourth-order valence-corrected chi connectivity index (χ4v) is 6.68. The van der Waals surface area contributed by atoms with E-state index >= 15 is 0 Å². The molecule has 5 unspecified atom stereocenters. The highest BCUT2D eigenvalue weighted by atomic mass is 35.5. The summed E-state index contributed by atoms with van der Waals surface area (Å²) in [5.74, 6) is -0.699. The zero-order valence-electron chi connectivity index (χ0n) is 20.5. The number of nitrogens with zero attached hydrogens (tertiary/aromatic N) is 1. The molecule has 1 saturated carbocycles. The number of ether oxygens (including phenoxy) is 1. The first kappa shape index (κ1) is 26.3. The Morgan fingerprint density at radius 3 is 2.59 bits per heavy atom. The Hall–Kier alpha value is -0.770. The minimum Gasteiger partial charge on any atom is -0.371 e.